The van der Waals surface area contributed by atoms with Gasteiger partial charge in [-0.05, 0) is 21.8 Å². The number of aromatic nitrogens is 1. The summed E-state index contributed by atoms with van der Waals surface area (Å²) in [5.74, 6) is -0.274. The quantitative estimate of drug-likeness (QED) is 0.786. The van der Waals surface area contributed by atoms with Crippen molar-refractivity contribution in [3.05, 3.63) is 27.1 Å². The molecule has 1 aromatic heterocycles. The van der Waals surface area contributed by atoms with Crippen molar-refractivity contribution in [3.8, 4) is 0 Å². The van der Waals surface area contributed by atoms with Crippen LogP contribution >= 0.6 is 15.9 Å². The van der Waals surface area contributed by atoms with Crippen LogP contribution in [0, 0.1) is 5.92 Å². The zero-order valence-electron chi connectivity index (χ0n) is 9.79. The largest absolute Gasteiger partial charge is 0.365 e. The van der Waals surface area contributed by atoms with Gasteiger partial charge in [0.1, 0.15) is 5.69 Å². The molecule has 1 amide bonds. The van der Waals surface area contributed by atoms with Gasteiger partial charge in [-0.25, -0.2) is 0 Å². The minimum Gasteiger partial charge on any atom is -0.365 e. The van der Waals surface area contributed by atoms with Crippen LogP contribution in [0.2, 0.25) is 0 Å². The molecule has 0 aliphatic carbocycles. The maximum absolute atomic E-state index is 11.8. The number of carbonyl (C=O) groups is 1. The van der Waals surface area contributed by atoms with Crippen LogP contribution in [0.25, 0.3) is 0 Å². The van der Waals surface area contributed by atoms with E-state index in [1.807, 2.05) is 13.8 Å². The first kappa shape index (κ1) is 13.9. The molecule has 17 heavy (non-hydrogen) atoms. The summed E-state index contributed by atoms with van der Waals surface area (Å²) in [5, 5.41) is 2.53. The number of nitrogens with two attached hydrogens (primary N) is 1. The molecule has 0 fully saturated rings. The summed E-state index contributed by atoms with van der Waals surface area (Å²) in [5.41, 5.74) is 5.70. The van der Waals surface area contributed by atoms with E-state index in [2.05, 4.69) is 26.2 Å². The second-order valence-corrected chi connectivity index (χ2v) is 4.80. The number of hydrogen-bond donors (Lipinski definition) is 3. The van der Waals surface area contributed by atoms with Gasteiger partial charge in [0.15, 0.2) is 0 Å². The van der Waals surface area contributed by atoms with Crippen LogP contribution in [-0.2, 0) is 4.79 Å². The number of H-pyrrole nitrogens is 1. The number of nitrogens with one attached hydrogen (secondary N) is 2. The van der Waals surface area contributed by atoms with Crippen molar-refractivity contribution in [2.75, 3.05) is 5.32 Å². The van der Waals surface area contributed by atoms with E-state index in [1.54, 1.807) is 0 Å². The summed E-state index contributed by atoms with van der Waals surface area (Å²) in [6.07, 6.45) is 3.75. The van der Waals surface area contributed by atoms with E-state index in [4.69, 9.17) is 5.73 Å². The van der Waals surface area contributed by atoms with Gasteiger partial charge < -0.3 is 16.0 Å². The minimum absolute atomic E-state index is 0.0706. The molecule has 5 nitrogen and oxygen atoms in total. The van der Waals surface area contributed by atoms with Gasteiger partial charge in [0.25, 0.3) is 0 Å². The number of pyridine rings is 1. The molecular weight excluding hydrogens is 286 g/mol. The number of aromatic amines is 1. The summed E-state index contributed by atoms with van der Waals surface area (Å²) in [6, 6.07) is -0.613. The smallest absolute Gasteiger partial charge is 0.241 e. The summed E-state index contributed by atoms with van der Waals surface area (Å²) < 4.78 is 0.368. The normalized spacial score (nSPS) is 14.1. The highest BCUT2D eigenvalue weighted by molar-refractivity contribution is 9.10. The third kappa shape index (κ3) is 3.41. The molecule has 4 N–H and O–H groups in total. The highest BCUT2D eigenvalue weighted by Gasteiger charge is 2.20. The monoisotopic (exact) mass is 301 g/mol. The van der Waals surface area contributed by atoms with Crippen LogP contribution < -0.4 is 16.5 Å². The van der Waals surface area contributed by atoms with Crippen molar-refractivity contribution < 1.29 is 4.79 Å². The Morgan fingerprint density at radius 1 is 1.59 bits per heavy atom. The van der Waals surface area contributed by atoms with E-state index in [-0.39, 0.29) is 22.9 Å². The Hall–Kier alpha value is -1.14. The first-order chi connectivity index (χ1) is 7.97. The Labute approximate surface area is 108 Å². The van der Waals surface area contributed by atoms with Crippen molar-refractivity contribution in [2.24, 2.45) is 11.7 Å². The molecule has 0 aromatic carbocycles. The van der Waals surface area contributed by atoms with Gasteiger partial charge in [0, 0.05) is 12.4 Å². The SMILES string of the molecule is CCC(C)C(N)C(=O)Nc1c[nH]cc(Br)c1=O. The number of amides is 1. The molecule has 0 bridgehead atoms. The number of anilines is 1. The van der Waals surface area contributed by atoms with Gasteiger partial charge in [0.05, 0.1) is 10.5 Å². The summed E-state index contributed by atoms with van der Waals surface area (Å²) in [6.45, 7) is 3.86. The molecule has 0 saturated heterocycles. The molecule has 0 spiro atoms. The molecule has 94 valence electrons. The molecule has 6 heteroatoms. The molecule has 1 heterocycles. The number of rotatable bonds is 4. The lowest BCUT2D eigenvalue weighted by molar-refractivity contribution is -0.118. The number of halogens is 1. The fourth-order valence-corrected chi connectivity index (χ4v) is 1.62. The summed E-state index contributed by atoms with van der Waals surface area (Å²) in [4.78, 5) is 26.2. The zero-order valence-corrected chi connectivity index (χ0v) is 11.4. The van der Waals surface area contributed by atoms with Gasteiger partial charge in [0.2, 0.25) is 11.3 Å². The second-order valence-electron chi connectivity index (χ2n) is 3.95. The lowest BCUT2D eigenvalue weighted by atomic mass is 9.99. The fourth-order valence-electron chi connectivity index (χ4n) is 1.28. The standard InChI is InChI=1S/C11H16BrN3O2/c1-3-6(2)9(13)11(17)15-8-5-14-4-7(12)10(8)16/h4-6,9H,3,13H2,1-2H3,(H,14,16)(H,15,17). The highest BCUT2D eigenvalue weighted by Crippen LogP contribution is 2.09. The van der Waals surface area contributed by atoms with Gasteiger partial charge in [-0.2, -0.15) is 0 Å². The Morgan fingerprint density at radius 3 is 2.82 bits per heavy atom. The van der Waals surface area contributed by atoms with Crippen molar-refractivity contribution in [2.45, 2.75) is 26.3 Å². The van der Waals surface area contributed by atoms with Crippen molar-refractivity contribution in [1.82, 2.24) is 4.98 Å². The molecule has 1 rings (SSSR count). The topological polar surface area (TPSA) is 88.0 Å². The first-order valence-electron chi connectivity index (χ1n) is 5.40. The Kier molecular flexibility index (Phi) is 4.89. The zero-order chi connectivity index (χ0) is 13.0. The van der Waals surface area contributed by atoms with Crippen LogP contribution in [-0.4, -0.2) is 16.9 Å². The third-order valence-electron chi connectivity index (χ3n) is 2.72. The van der Waals surface area contributed by atoms with E-state index in [0.717, 1.165) is 6.42 Å². The van der Waals surface area contributed by atoms with Gasteiger partial charge >= 0.3 is 0 Å². The molecule has 2 atom stereocenters. The molecule has 0 aliphatic heterocycles. The Morgan fingerprint density at radius 2 is 2.24 bits per heavy atom. The Bertz CT molecular complexity index is 458. The Balaban J connectivity index is 2.82. The predicted molar refractivity (Wildman–Crippen MR) is 70.8 cm³/mol. The molecule has 2 unspecified atom stereocenters. The second kappa shape index (κ2) is 5.97. The van der Waals surface area contributed by atoms with Gasteiger partial charge in [-0.1, -0.05) is 20.3 Å². The lowest BCUT2D eigenvalue weighted by Gasteiger charge is -2.17. The molecule has 0 radical (unpaired) electrons. The van der Waals surface area contributed by atoms with Crippen molar-refractivity contribution >= 4 is 27.5 Å². The molecule has 0 aliphatic rings. The fraction of sp³-hybridized carbons (Fsp3) is 0.455. The first-order valence-corrected chi connectivity index (χ1v) is 6.19. The maximum Gasteiger partial charge on any atom is 0.241 e. The average molecular weight is 302 g/mol. The van der Waals surface area contributed by atoms with E-state index in [0.29, 0.717) is 4.47 Å². The number of hydrogen-bond acceptors (Lipinski definition) is 3. The van der Waals surface area contributed by atoms with E-state index in [9.17, 15) is 9.59 Å². The van der Waals surface area contributed by atoms with Gasteiger partial charge in [-0.3, -0.25) is 9.59 Å². The van der Waals surface area contributed by atoms with E-state index >= 15 is 0 Å². The van der Waals surface area contributed by atoms with Crippen LogP contribution in [0.1, 0.15) is 20.3 Å². The van der Waals surface area contributed by atoms with E-state index < -0.39 is 6.04 Å². The minimum atomic E-state index is -0.613. The van der Waals surface area contributed by atoms with E-state index in [1.165, 1.54) is 12.4 Å². The lowest BCUT2D eigenvalue weighted by Crippen LogP contribution is -2.41. The summed E-state index contributed by atoms with van der Waals surface area (Å²) >= 11 is 3.09. The predicted octanol–water partition coefficient (Wildman–Crippen LogP) is 1.45. The average Bonchev–Trinajstić information content (AvgIpc) is 2.32. The van der Waals surface area contributed by atoms with Crippen LogP contribution in [0.4, 0.5) is 5.69 Å². The highest BCUT2D eigenvalue weighted by atomic mass is 79.9. The third-order valence-corrected chi connectivity index (χ3v) is 3.31. The van der Waals surface area contributed by atoms with Crippen LogP contribution in [0.15, 0.2) is 21.7 Å². The number of carbonyl (C=O) groups excluding carboxylic acids is 1. The van der Waals surface area contributed by atoms with Crippen molar-refractivity contribution in [3.63, 3.8) is 0 Å². The van der Waals surface area contributed by atoms with Crippen LogP contribution in [0.3, 0.4) is 0 Å². The van der Waals surface area contributed by atoms with Crippen molar-refractivity contribution in [1.29, 1.82) is 0 Å². The van der Waals surface area contributed by atoms with Gasteiger partial charge in [-0.15, -0.1) is 0 Å². The molecule has 1 aromatic rings. The van der Waals surface area contributed by atoms with Crippen LogP contribution in [0.5, 0.6) is 0 Å². The summed E-state index contributed by atoms with van der Waals surface area (Å²) in [7, 11) is 0. The molecule has 0 saturated carbocycles. The molecular formula is C11H16BrN3O2. The maximum atomic E-state index is 11.8.